The molecule has 0 aliphatic heterocycles. The molecule has 0 bridgehead atoms. The molecule has 0 saturated carbocycles. The third kappa shape index (κ3) is 2.08. The van der Waals surface area contributed by atoms with Crippen molar-refractivity contribution < 1.29 is 14.1 Å². The molecule has 0 N–H and O–H groups in total. The first-order valence-corrected chi connectivity index (χ1v) is 3.96. The van der Waals surface area contributed by atoms with Crippen molar-refractivity contribution >= 4 is 5.69 Å². The molecule has 0 saturated heterocycles. The molecule has 0 heterocycles. The highest BCUT2D eigenvalue weighted by Gasteiger charge is 2.20. The Morgan fingerprint density at radius 3 is 2.80 bits per heavy atom. The van der Waals surface area contributed by atoms with Gasteiger partial charge in [0.2, 0.25) is 0 Å². The summed E-state index contributed by atoms with van der Waals surface area (Å²) in [7, 11) is 1.37. The molecule has 0 radical (unpaired) electrons. The summed E-state index contributed by atoms with van der Waals surface area (Å²) < 4.78 is 18.2. The molecule has 0 aromatic heterocycles. The number of nitrogens with zero attached hydrogens (tertiary/aromatic N) is 2. The number of hydrogen-bond acceptors (Lipinski definition) is 4. The van der Waals surface area contributed by atoms with Crippen LogP contribution < -0.4 is 0 Å². The highest BCUT2D eigenvalue weighted by Crippen LogP contribution is 2.23. The van der Waals surface area contributed by atoms with Crippen molar-refractivity contribution in [3.8, 4) is 6.07 Å². The summed E-state index contributed by atoms with van der Waals surface area (Å²) >= 11 is 0. The third-order valence-corrected chi connectivity index (χ3v) is 1.81. The lowest BCUT2D eigenvalue weighted by molar-refractivity contribution is -0.385. The van der Waals surface area contributed by atoms with E-state index in [0.29, 0.717) is 0 Å². The summed E-state index contributed by atoms with van der Waals surface area (Å²) in [5, 5.41) is 19.1. The zero-order chi connectivity index (χ0) is 11.4. The van der Waals surface area contributed by atoms with E-state index in [9.17, 15) is 14.5 Å². The van der Waals surface area contributed by atoms with Crippen LogP contribution in [0.3, 0.4) is 0 Å². The number of halogens is 1. The van der Waals surface area contributed by atoms with Crippen molar-refractivity contribution in [3.63, 3.8) is 0 Å². The van der Waals surface area contributed by atoms with Gasteiger partial charge in [-0.05, 0) is 6.07 Å². The first kappa shape index (κ1) is 11.1. The second kappa shape index (κ2) is 4.48. The van der Waals surface area contributed by atoms with Gasteiger partial charge in [-0.15, -0.1) is 0 Å². The van der Waals surface area contributed by atoms with E-state index < -0.39 is 22.0 Å². The van der Waals surface area contributed by atoms with Crippen LogP contribution in [0, 0.1) is 27.3 Å². The van der Waals surface area contributed by atoms with Crippen LogP contribution in [-0.2, 0) is 11.3 Å². The van der Waals surface area contributed by atoms with Gasteiger partial charge in [-0.2, -0.15) is 5.26 Å². The fourth-order valence-corrected chi connectivity index (χ4v) is 1.13. The molecule has 1 aromatic rings. The van der Waals surface area contributed by atoms with Crippen LogP contribution in [0.15, 0.2) is 12.1 Å². The molecule has 0 unspecified atom stereocenters. The normalized spacial score (nSPS) is 9.67. The van der Waals surface area contributed by atoms with Crippen molar-refractivity contribution in [2.75, 3.05) is 7.11 Å². The zero-order valence-electron chi connectivity index (χ0n) is 7.86. The van der Waals surface area contributed by atoms with E-state index in [2.05, 4.69) is 4.74 Å². The Morgan fingerprint density at radius 2 is 2.33 bits per heavy atom. The number of ether oxygens (including phenoxy) is 1. The van der Waals surface area contributed by atoms with Gasteiger partial charge in [0.25, 0.3) is 5.69 Å². The van der Waals surface area contributed by atoms with Crippen LogP contribution in [0.25, 0.3) is 0 Å². The van der Waals surface area contributed by atoms with Crippen molar-refractivity contribution in [2.24, 2.45) is 0 Å². The Kier molecular flexibility index (Phi) is 3.31. The molecular formula is C9H7FN2O3. The average molecular weight is 210 g/mol. The third-order valence-electron chi connectivity index (χ3n) is 1.81. The van der Waals surface area contributed by atoms with Gasteiger partial charge in [0, 0.05) is 18.7 Å². The van der Waals surface area contributed by atoms with E-state index >= 15 is 0 Å². The number of benzene rings is 1. The van der Waals surface area contributed by atoms with Crippen LogP contribution in [0.1, 0.15) is 11.1 Å². The van der Waals surface area contributed by atoms with Gasteiger partial charge in [0.05, 0.1) is 11.5 Å². The molecular weight excluding hydrogens is 203 g/mol. The van der Waals surface area contributed by atoms with Crippen LogP contribution in [0.2, 0.25) is 0 Å². The van der Waals surface area contributed by atoms with Crippen molar-refractivity contribution in [1.82, 2.24) is 0 Å². The summed E-state index contributed by atoms with van der Waals surface area (Å²) in [4.78, 5) is 9.67. The maximum Gasteiger partial charge on any atom is 0.290 e. The molecule has 0 atom stereocenters. The maximum atomic E-state index is 13.5. The van der Waals surface area contributed by atoms with Gasteiger partial charge in [-0.3, -0.25) is 10.1 Å². The van der Waals surface area contributed by atoms with Gasteiger partial charge in [0.1, 0.15) is 6.07 Å². The molecule has 0 aliphatic carbocycles. The highest BCUT2D eigenvalue weighted by atomic mass is 19.1. The number of nitro benzene ring substituents is 1. The topological polar surface area (TPSA) is 76.2 Å². The van der Waals surface area contributed by atoms with E-state index in [1.54, 1.807) is 0 Å². The zero-order valence-corrected chi connectivity index (χ0v) is 7.86. The Morgan fingerprint density at radius 1 is 1.67 bits per heavy atom. The van der Waals surface area contributed by atoms with E-state index in [1.807, 2.05) is 0 Å². The summed E-state index contributed by atoms with van der Waals surface area (Å²) in [5.41, 5.74) is -0.968. The number of hydrogen-bond donors (Lipinski definition) is 0. The fraction of sp³-hybridized carbons (Fsp3) is 0.222. The van der Waals surface area contributed by atoms with Gasteiger partial charge in [-0.25, -0.2) is 4.39 Å². The van der Waals surface area contributed by atoms with Crippen LogP contribution in [0.5, 0.6) is 0 Å². The van der Waals surface area contributed by atoms with Crippen molar-refractivity contribution in [1.29, 1.82) is 5.26 Å². The molecule has 1 rings (SSSR count). The molecule has 15 heavy (non-hydrogen) atoms. The molecule has 1 aromatic carbocycles. The molecule has 0 spiro atoms. The van der Waals surface area contributed by atoms with E-state index in [1.165, 1.54) is 19.2 Å². The monoisotopic (exact) mass is 210 g/mol. The lowest BCUT2D eigenvalue weighted by Crippen LogP contribution is -2.00. The second-order valence-corrected chi connectivity index (χ2v) is 2.73. The highest BCUT2D eigenvalue weighted by molar-refractivity contribution is 5.51. The second-order valence-electron chi connectivity index (χ2n) is 2.73. The standard InChI is InChI=1S/C9H7FN2O3/c1-15-5-6-2-3-8(12(13)14)7(4-11)9(6)10/h2-3H,5H2,1H3. The maximum absolute atomic E-state index is 13.5. The number of nitriles is 1. The summed E-state index contributed by atoms with van der Waals surface area (Å²) in [6.45, 7) is -0.0293. The van der Waals surface area contributed by atoms with Gasteiger partial charge >= 0.3 is 0 Å². The Balaban J connectivity index is 3.34. The minimum absolute atomic E-state index is 0.0293. The van der Waals surface area contributed by atoms with Crippen LogP contribution in [-0.4, -0.2) is 12.0 Å². The molecule has 0 amide bonds. The Labute approximate surface area is 84.9 Å². The number of nitro groups is 1. The number of methoxy groups -OCH3 is 1. The van der Waals surface area contributed by atoms with Crippen molar-refractivity contribution in [2.45, 2.75) is 6.61 Å². The minimum atomic E-state index is -0.895. The quantitative estimate of drug-likeness (QED) is 0.562. The van der Waals surface area contributed by atoms with Crippen LogP contribution in [0.4, 0.5) is 10.1 Å². The van der Waals surface area contributed by atoms with Crippen LogP contribution >= 0.6 is 0 Å². The molecule has 5 nitrogen and oxygen atoms in total. The summed E-state index contributed by atoms with van der Waals surface area (Å²) in [5.74, 6) is -0.895. The average Bonchev–Trinajstić information content (AvgIpc) is 2.20. The predicted octanol–water partition coefficient (Wildman–Crippen LogP) is 1.75. The first-order chi connectivity index (χ1) is 7.11. The number of rotatable bonds is 3. The molecule has 0 aliphatic rings. The lowest BCUT2D eigenvalue weighted by Gasteiger charge is -2.03. The van der Waals surface area contributed by atoms with Gasteiger partial charge < -0.3 is 4.74 Å². The minimum Gasteiger partial charge on any atom is -0.380 e. The smallest absolute Gasteiger partial charge is 0.290 e. The fourth-order valence-electron chi connectivity index (χ4n) is 1.13. The Bertz CT molecular complexity index is 440. The first-order valence-electron chi connectivity index (χ1n) is 3.96. The van der Waals surface area contributed by atoms with Gasteiger partial charge in [0.15, 0.2) is 11.4 Å². The summed E-state index contributed by atoms with van der Waals surface area (Å²) in [6.07, 6.45) is 0. The van der Waals surface area contributed by atoms with Gasteiger partial charge in [-0.1, -0.05) is 0 Å². The molecule has 6 heteroatoms. The predicted molar refractivity (Wildman–Crippen MR) is 48.5 cm³/mol. The van der Waals surface area contributed by atoms with Crippen molar-refractivity contribution in [3.05, 3.63) is 39.2 Å². The SMILES string of the molecule is COCc1ccc([N+](=O)[O-])c(C#N)c1F. The molecule has 0 fully saturated rings. The lowest BCUT2D eigenvalue weighted by atomic mass is 10.1. The van der Waals surface area contributed by atoms with E-state index in [-0.39, 0.29) is 12.2 Å². The van der Waals surface area contributed by atoms with E-state index in [0.717, 1.165) is 6.07 Å². The summed E-state index contributed by atoms with van der Waals surface area (Å²) in [6, 6.07) is 3.80. The largest absolute Gasteiger partial charge is 0.380 e. The Hall–Kier alpha value is -2.00. The van der Waals surface area contributed by atoms with E-state index in [4.69, 9.17) is 5.26 Å². The molecule has 78 valence electrons.